The molecule has 13 heavy (non-hydrogen) atoms. The molecule has 0 aliphatic carbocycles. The average molecular weight is 194 g/mol. The van der Waals surface area contributed by atoms with Gasteiger partial charge in [-0.05, 0) is 36.9 Å². The molecule has 68 valence electrons. The Morgan fingerprint density at radius 1 is 1.38 bits per heavy atom. The van der Waals surface area contributed by atoms with Crippen LogP contribution in [0.3, 0.4) is 0 Å². The summed E-state index contributed by atoms with van der Waals surface area (Å²) >= 11 is 1.40. The molecule has 0 N–H and O–H groups in total. The Morgan fingerprint density at radius 3 is 2.54 bits per heavy atom. The Morgan fingerprint density at radius 2 is 2.08 bits per heavy atom. The summed E-state index contributed by atoms with van der Waals surface area (Å²) < 4.78 is 0. The van der Waals surface area contributed by atoms with Crippen molar-refractivity contribution < 1.29 is 9.59 Å². The van der Waals surface area contributed by atoms with Crippen LogP contribution in [0.5, 0.6) is 0 Å². The molecule has 0 fully saturated rings. The van der Waals surface area contributed by atoms with Crippen molar-refractivity contribution in [1.29, 1.82) is 0 Å². The number of rotatable bonds is 3. The van der Waals surface area contributed by atoms with Crippen LogP contribution >= 0.6 is 11.3 Å². The molecule has 0 amide bonds. The van der Waals surface area contributed by atoms with Gasteiger partial charge < -0.3 is 0 Å². The number of thiophene rings is 1. The van der Waals surface area contributed by atoms with E-state index in [2.05, 4.69) is 0 Å². The Hall–Kier alpha value is -1.22. The molecule has 2 nitrogen and oxygen atoms in total. The number of carbonyl (C=O) groups excluding carboxylic acids is 2. The minimum absolute atomic E-state index is 0.00979. The summed E-state index contributed by atoms with van der Waals surface area (Å²) in [4.78, 5) is 22.2. The third-order valence-electron chi connectivity index (χ3n) is 1.48. The van der Waals surface area contributed by atoms with Gasteiger partial charge in [0.1, 0.15) is 0 Å². The van der Waals surface area contributed by atoms with E-state index >= 15 is 0 Å². The van der Waals surface area contributed by atoms with E-state index in [1.54, 1.807) is 12.1 Å². The topological polar surface area (TPSA) is 34.1 Å². The molecule has 0 saturated carbocycles. The predicted molar refractivity (Wildman–Crippen MR) is 54.0 cm³/mol. The maximum atomic E-state index is 10.9. The fourth-order valence-electron chi connectivity index (χ4n) is 0.837. The van der Waals surface area contributed by atoms with Crippen LogP contribution in [-0.4, -0.2) is 11.6 Å². The first-order chi connectivity index (χ1) is 6.09. The van der Waals surface area contributed by atoms with Crippen LogP contribution in [0, 0.1) is 0 Å². The fourth-order valence-corrected chi connectivity index (χ4v) is 1.62. The second-order valence-electron chi connectivity index (χ2n) is 2.74. The van der Waals surface area contributed by atoms with Gasteiger partial charge in [-0.1, -0.05) is 6.08 Å². The van der Waals surface area contributed by atoms with Crippen LogP contribution in [-0.2, 0) is 4.79 Å². The standard InChI is InChI=1S/C10H10O2S/c1-7(11)3-4-9-5-10(8(2)12)13-6-9/h3-6H,1-2H3/b4-3+. The monoisotopic (exact) mass is 194 g/mol. The van der Waals surface area contributed by atoms with Crippen LogP contribution in [0.1, 0.15) is 29.1 Å². The largest absolute Gasteiger partial charge is 0.295 e. The summed E-state index contributed by atoms with van der Waals surface area (Å²) in [6.07, 6.45) is 3.21. The van der Waals surface area contributed by atoms with Crippen LogP contribution in [0.25, 0.3) is 6.08 Å². The first-order valence-corrected chi connectivity index (χ1v) is 4.75. The van der Waals surface area contributed by atoms with E-state index in [0.717, 1.165) is 10.4 Å². The summed E-state index contributed by atoms with van der Waals surface area (Å²) in [5.74, 6) is 0.0723. The highest BCUT2D eigenvalue weighted by atomic mass is 32.1. The normalized spacial score (nSPS) is 10.6. The van der Waals surface area contributed by atoms with E-state index in [1.807, 2.05) is 5.38 Å². The Balaban J connectivity index is 2.80. The van der Waals surface area contributed by atoms with Gasteiger partial charge in [0.15, 0.2) is 11.6 Å². The van der Waals surface area contributed by atoms with Gasteiger partial charge in [0.05, 0.1) is 4.88 Å². The maximum Gasteiger partial charge on any atom is 0.169 e. The summed E-state index contributed by atoms with van der Waals surface area (Å²) in [7, 11) is 0. The smallest absolute Gasteiger partial charge is 0.169 e. The maximum absolute atomic E-state index is 10.9. The van der Waals surface area contributed by atoms with Gasteiger partial charge in [0, 0.05) is 0 Å². The number of ketones is 2. The highest BCUT2D eigenvalue weighted by Crippen LogP contribution is 2.16. The molecule has 1 aromatic rings. The second kappa shape index (κ2) is 4.14. The zero-order chi connectivity index (χ0) is 9.84. The lowest BCUT2D eigenvalue weighted by molar-refractivity contribution is -0.112. The van der Waals surface area contributed by atoms with Crippen molar-refractivity contribution in [2.24, 2.45) is 0 Å². The van der Waals surface area contributed by atoms with Gasteiger partial charge in [-0.2, -0.15) is 0 Å². The molecule has 0 aliphatic heterocycles. The molecule has 0 spiro atoms. The van der Waals surface area contributed by atoms with Crippen molar-refractivity contribution in [3.8, 4) is 0 Å². The van der Waals surface area contributed by atoms with Gasteiger partial charge in [-0.25, -0.2) is 0 Å². The lowest BCUT2D eigenvalue weighted by Crippen LogP contribution is -1.84. The van der Waals surface area contributed by atoms with Crippen LogP contribution in [0.15, 0.2) is 17.5 Å². The van der Waals surface area contributed by atoms with Gasteiger partial charge in [0.25, 0.3) is 0 Å². The van der Waals surface area contributed by atoms with E-state index in [4.69, 9.17) is 0 Å². The van der Waals surface area contributed by atoms with E-state index in [9.17, 15) is 9.59 Å². The summed E-state index contributed by atoms with van der Waals surface area (Å²) in [6, 6.07) is 1.78. The highest BCUT2D eigenvalue weighted by Gasteiger charge is 2.01. The molecule has 0 aliphatic rings. The minimum atomic E-state index is 0.00979. The molecule has 0 bridgehead atoms. The van der Waals surface area contributed by atoms with Gasteiger partial charge in [0.2, 0.25) is 0 Å². The Labute approximate surface area is 80.9 Å². The second-order valence-corrected chi connectivity index (χ2v) is 3.66. The fraction of sp³-hybridized carbons (Fsp3) is 0.200. The zero-order valence-electron chi connectivity index (χ0n) is 7.53. The Kier molecular flexibility index (Phi) is 3.14. The van der Waals surface area contributed by atoms with Crippen molar-refractivity contribution in [2.45, 2.75) is 13.8 Å². The molecule has 0 aromatic carbocycles. The quantitative estimate of drug-likeness (QED) is 0.547. The van der Waals surface area contributed by atoms with Crippen LogP contribution in [0.4, 0.5) is 0 Å². The highest BCUT2D eigenvalue weighted by molar-refractivity contribution is 7.12. The average Bonchev–Trinajstić information content (AvgIpc) is 2.48. The first kappa shape index (κ1) is 9.86. The van der Waals surface area contributed by atoms with Gasteiger partial charge in [-0.15, -0.1) is 11.3 Å². The third kappa shape index (κ3) is 2.95. The molecule has 1 heterocycles. The van der Waals surface area contributed by atoms with Gasteiger partial charge in [-0.3, -0.25) is 9.59 Å². The molecular weight excluding hydrogens is 184 g/mol. The molecule has 0 saturated heterocycles. The van der Waals surface area contributed by atoms with Crippen molar-refractivity contribution in [3.05, 3.63) is 28.0 Å². The van der Waals surface area contributed by atoms with E-state index in [-0.39, 0.29) is 11.6 Å². The number of carbonyl (C=O) groups is 2. The van der Waals surface area contributed by atoms with Crippen molar-refractivity contribution >= 4 is 29.0 Å². The molecule has 3 heteroatoms. The first-order valence-electron chi connectivity index (χ1n) is 3.87. The van der Waals surface area contributed by atoms with E-state index < -0.39 is 0 Å². The lowest BCUT2D eigenvalue weighted by atomic mass is 10.2. The zero-order valence-corrected chi connectivity index (χ0v) is 8.35. The minimum Gasteiger partial charge on any atom is -0.295 e. The molecule has 1 rings (SSSR count). The molecule has 0 unspecified atom stereocenters. The summed E-state index contributed by atoms with van der Waals surface area (Å²) in [5, 5.41) is 1.86. The lowest BCUT2D eigenvalue weighted by Gasteiger charge is -1.83. The number of allylic oxidation sites excluding steroid dienone is 1. The third-order valence-corrected chi connectivity index (χ3v) is 2.53. The molecule has 1 aromatic heterocycles. The van der Waals surface area contributed by atoms with Crippen molar-refractivity contribution in [2.75, 3.05) is 0 Å². The van der Waals surface area contributed by atoms with Crippen molar-refractivity contribution in [3.63, 3.8) is 0 Å². The summed E-state index contributed by atoms with van der Waals surface area (Å²) in [5.41, 5.74) is 0.908. The van der Waals surface area contributed by atoms with E-state index in [0.29, 0.717) is 0 Å². The van der Waals surface area contributed by atoms with Crippen LogP contribution < -0.4 is 0 Å². The molecular formula is C10H10O2S. The van der Waals surface area contributed by atoms with E-state index in [1.165, 1.54) is 31.3 Å². The van der Waals surface area contributed by atoms with Crippen LogP contribution in [0.2, 0.25) is 0 Å². The molecule has 0 atom stereocenters. The van der Waals surface area contributed by atoms with Gasteiger partial charge >= 0.3 is 0 Å². The predicted octanol–water partition coefficient (Wildman–Crippen LogP) is 2.55. The number of hydrogen-bond acceptors (Lipinski definition) is 3. The SMILES string of the molecule is CC(=O)/C=C/c1csc(C(C)=O)c1. The summed E-state index contributed by atoms with van der Waals surface area (Å²) in [6.45, 7) is 3.03. The number of hydrogen-bond donors (Lipinski definition) is 0. The Bertz CT molecular complexity index is 361. The number of Topliss-reactive ketones (excluding diaryl/α,β-unsaturated/α-hetero) is 1. The van der Waals surface area contributed by atoms with Crippen molar-refractivity contribution in [1.82, 2.24) is 0 Å². The molecule has 0 radical (unpaired) electrons.